The molecule has 2 atom stereocenters. The fourth-order valence-corrected chi connectivity index (χ4v) is 2.50. The molecule has 0 bridgehead atoms. The summed E-state index contributed by atoms with van der Waals surface area (Å²) >= 11 is 0. The summed E-state index contributed by atoms with van der Waals surface area (Å²) in [7, 11) is 0. The highest BCUT2D eigenvalue weighted by molar-refractivity contribution is 5.79. The Labute approximate surface area is 114 Å². The summed E-state index contributed by atoms with van der Waals surface area (Å²) in [6.07, 6.45) is 2.73. The topological polar surface area (TPSA) is 38.7 Å². The Balaban J connectivity index is 1.80. The third-order valence-corrected chi connectivity index (χ3v) is 3.40. The fourth-order valence-electron chi connectivity index (χ4n) is 2.50. The quantitative estimate of drug-likeness (QED) is 0.614. The number of carbonyl (C=O) groups excluding carboxylic acids is 1. The third kappa shape index (κ3) is 4.19. The minimum absolute atomic E-state index is 0.0248. The smallest absolute Gasteiger partial charge is 0.309 e. The largest absolute Gasteiger partial charge is 0.461 e. The number of hydrogen-bond acceptors (Lipinski definition) is 3. The number of aliphatic imine (C=N–C) groups is 1. The van der Waals surface area contributed by atoms with Crippen LogP contribution < -0.4 is 0 Å². The van der Waals surface area contributed by atoms with Crippen LogP contribution in [0.15, 0.2) is 35.3 Å². The minimum Gasteiger partial charge on any atom is -0.461 e. The van der Waals surface area contributed by atoms with Gasteiger partial charge in [0.25, 0.3) is 0 Å². The van der Waals surface area contributed by atoms with E-state index in [-0.39, 0.29) is 11.9 Å². The molecule has 1 saturated carbocycles. The van der Waals surface area contributed by atoms with E-state index in [4.69, 9.17) is 4.74 Å². The van der Waals surface area contributed by atoms with Crippen molar-refractivity contribution in [3.05, 3.63) is 35.9 Å². The Kier molecular flexibility index (Phi) is 4.72. The SMILES string of the molecule is CC(C)=N[C@@H]1CC[C@H](C(=O)OCc2ccccc2)C1. The lowest BCUT2D eigenvalue weighted by Crippen LogP contribution is -2.15. The molecule has 1 aromatic carbocycles. The number of carbonyl (C=O) groups is 1. The van der Waals surface area contributed by atoms with Gasteiger partial charge in [0.15, 0.2) is 0 Å². The summed E-state index contributed by atoms with van der Waals surface area (Å²) in [5.41, 5.74) is 2.12. The van der Waals surface area contributed by atoms with Crippen molar-refractivity contribution < 1.29 is 9.53 Å². The molecule has 3 heteroatoms. The van der Waals surface area contributed by atoms with Crippen LogP contribution in [-0.4, -0.2) is 17.7 Å². The number of benzene rings is 1. The van der Waals surface area contributed by atoms with Crippen LogP contribution in [0.3, 0.4) is 0 Å². The Morgan fingerprint density at radius 1 is 1.26 bits per heavy atom. The molecule has 0 aromatic heterocycles. The van der Waals surface area contributed by atoms with Crippen molar-refractivity contribution in [2.75, 3.05) is 0 Å². The lowest BCUT2D eigenvalue weighted by atomic mass is 10.1. The molecule has 3 nitrogen and oxygen atoms in total. The molecule has 1 fully saturated rings. The van der Waals surface area contributed by atoms with Crippen LogP contribution in [0.2, 0.25) is 0 Å². The van der Waals surface area contributed by atoms with Crippen LogP contribution >= 0.6 is 0 Å². The molecule has 0 unspecified atom stereocenters. The average Bonchev–Trinajstić information content (AvgIpc) is 2.85. The highest BCUT2D eigenvalue weighted by atomic mass is 16.5. The van der Waals surface area contributed by atoms with Gasteiger partial charge in [0, 0.05) is 5.71 Å². The second-order valence-corrected chi connectivity index (χ2v) is 5.33. The van der Waals surface area contributed by atoms with Crippen LogP contribution in [0.5, 0.6) is 0 Å². The molecule has 0 radical (unpaired) electrons. The van der Waals surface area contributed by atoms with Gasteiger partial charge < -0.3 is 4.74 Å². The van der Waals surface area contributed by atoms with Crippen LogP contribution in [0.25, 0.3) is 0 Å². The summed E-state index contributed by atoms with van der Waals surface area (Å²) in [6, 6.07) is 10.1. The van der Waals surface area contributed by atoms with Gasteiger partial charge in [-0.15, -0.1) is 0 Å². The normalized spacial score (nSPS) is 22.0. The van der Waals surface area contributed by atoms with Crippen molar-refractivity contribution in [2.45, 2.75) is 45.8 Å². The molecular weight excluding hydrogens is 238 g/mol. The zero-order valence-electron chi connectivity index (χ0n) is 11.6. The van der Waals surface area contributed by atoms with E-state index in [1.54, 1.807) is 0 Å². The molecule has 0 amide bonds. The zero-order valence-corrected chi connectivity index (χ0v) is 11.6. The predicted molar refractivity (Wildman–Crippen MR) is 76.2 cm³/mol. The van der Waals surface area contributed by atoms with Crippen LogP contribution in [0.1, 0.15) is 38.7 Å². The van der Waals surface area contributed by atoms with E-state index >= 15 is 0 Å². The van der Waals surface area contributed by atoms with Gasteiger partial charge >= 0.3 is 5.97 Å². The second kappa shape index (κ2) is 6.50. The molecule has 0 spiro atoms. The van der Waals surface area contributed by atoms with Gasteiger partial charge in [-0.25, -0.2) is 0 Å². The standard InChI is InChI=1S/C16H21NO2/c1-12(2)17-15-9-8-14(10-15)16(18)19-11-13-6-4-3-5-7-13/h3-7,14-15H,8-11H2,1-2H3/t14-,15+/m0/s1. The number of rotatable bonds is 4. The van der Waals surface area contributed by atoms with E-state index in [1.807, 2.05) is 44.2 Å². The Morgan fingerprint density at radius 3 is 2.68 bits per heavy atom. The molecule has 2 rings (SSSR count). The molecule has 0 saturated heterocycles. The van der Waals surface area contributed by atoms with E-state index in [2.05, 4.69) is 4.99 Å². The molecule has 0 aliphatic heterocycles. The maximum absolute atomic E-state index is 12.0. The Morgan fingerprint density at radius 2 is 2.00 bits per heavy atom. The summed E-state index contributed by atoms with van der Waals surface area (Å²) in [5, 5.41) is 0. The first-order valence-electron chi connectivity index (χ1n) is 6.86. The van der Waals surface area contributed by atoms with Gasteiger partial charge in [-0.05, 0) is 38.7 Å². The van der Waals surface area contributed by atoms with Crippen molar-refractivity contribution in [3.63, 3.8) is 0 Å². The van der Waals surface area contributed by atoms with Crippen LogP contribution in [-0.2, 0) is 16.1 Å². The summed E-state index contributed by atoms with van der Waals surface area (Å²) in [5.74, 6) is -0.0490. The molecule has 102 valence electrons. The molecular formula is C16H21NO2. The highest BCUT2D eigenvalue weighted by Gasteiger charge is 2.30. The summed E-state index contributed by atoms with van der Waals surface area (Å²) in [4.78, 5) is 16.5. The van der Waals surface area contributed by atoms with Gasteiger partial charge in [-0.1, -0.05) is 30.3 Å². The third-order valence-electron chi connectivity index (χ3n) is 3.40. The Hall–Kier alpha value is -1.64. The van der Waals surface area contributed by atoms with Crippen molar-refractivity contribution in [1.82, 2.24) is 0 Å². The fraction of sp³-hybridized carbons (Fsp3) is 0.500. The second-order valence-electron chi connectivity index (χ2n) is 5.33. The highest BCUT2D eigenvalue weighted by Crippen LogP contribution is 2.29. The monoisotopic (exact) mass is 259 g/mol. The number of esters is 1. The summed E-state index contributed by atoms with van der Waals surface area (Å²) < 4.78 is 5.38. The maximum atomic E-state index is 12.0. The van der Waals surface area contributed by atoms with E-state index in [0.717, 1.165) is 30.5 Å². The van der Waals surface area contributed by atoms with Crippen LogP contribution in [0, 0.1) is 5.92 Å². The van der Waals surface area contributed by atoms with Crippen LogP contribution in [0.4, 0.5) is 0 Å². The Bertz CT molecular complexity index is 449. The van der Waals surface area contributed by atoms with Gasteiger partial charge in [0.2, 0.25) is 0 Å². The average molecular weight is 259 g/mol. The lowest BCUT2D eigenvalue weighted by molar-refractivity contribution is -0.149. The number of nitrogens with zero attached hydrogens (tertiary/aromatic N) is 1. The molecule has 0 N–H and O–H groups in total. The van der Waals surface area contributed by atoms with E-state index in [9.17, 15) is 4.79 Å². The maximum Gasteiger partial charge on any atom is 0.309 e. The predicted octanol–water partition coefficient (Wildman–Crippen LogP) is 3.38. The molecule has 1 aliphatic rings. The first-order chi connectivity index (χ1) is 9.15. The molecule has 19 heavy (non-hydrogen) atoms. The van der Waals surface area contributed by atoms with E-state index < -0.39 is 0 Å². The number of ether oxygens (including phenoxy) is 1. The van der Waals surface area contributed by atoms with Gasteiger partial charge in [-0.3, -0.25) is 9.79 Å². The van der Waals surface area contributed by atoms with Crippen molar-refractivity contribution >= 4 is 11.7 Å². The van der Waals surface area contributed by atoms with Crippen molar-refractivity contribution in [3.8, 4) is 0 Å². The lowest BCUT2D eigenvalue weighted by Gasteiger charge is -2.10. The first-order valence-corrected chi connectivity index (χ1v) is 6.86. The summed E-state index contributed by atoms with van der Waals surface area (Å²) in [6.45, 7) is 4.37. The zero-order chi connectivity index (χ0) is 13.7. The van der Waals surface area contributed by atoms with E-state index in [0.29, 0.717) is 12.6 Å². The van der Waals surface area contributed by atoms with E-state index in [1.165, 1.54) is 0 Å². The molecule has 1 aromatic rings. The molecule has 0 heterocycles. The van der Waals surface area contributed by atoms with Gasteiger partial charge in [0.05, 0.1) is 12.0 Å². The molecule has 1 aliphatic carbocycles. The van der Waals surface area contributed by atoms with Gasteiger partial charge in [0.1, 0.15) is 6.61 Å². The minimum atomic E-state index is -0.0738. The van der Waals surface area contributed by atoms with Crippen molar-refractivity contribution in [2.24, 2.45) is 10.9 Å². The first kappa shape index (κ1) is 13.8. The van der Waals surface area contributed by atoms with Gasteiger partial charge in [-0.2, -0.15) is 0 Å². The number of hydrogen-bond donors (Lipinski definition) is 0. The van der Waals surface area contributed by atoms with Crippen molar-refractivity contribution in [1.29, 1.82) is 0 Å².